The van der Waals surface area contributed by atoms with Crippen molar-refractivity contribution in [3.63, 3.8) is 0 Å². The monoisotopic (exact) mass is 306 g/mol. The molecule has 2 N–H and O–H groups in total. The summed E-state index contributed by atoms with van der Waals surface area (Å²) in [6, 6.07) is 4.56. The molecule has 4 rings (SSSR count). The number of aromatic nitrogens is 2. The fourth-order valence-corrected chi connectivity index (χ4v) is 3.63. The molecule has 0 spiro atoms. The second-order valence-corrected chi connectivity index (χ2v) is 6.24. The SMILES string of the molecule is Clc1cc(N[C@@H]2COC[C@H]2N2CCCC2)nc2[nH]ccc12. The number of fused-ring (bicyclic) bond motifs is 1. The van der Waals surface area contributed by atoms with Crippen molar-refractivity contribution >= 4 is 28.5 Å². The molecule has 2 saturated heterocycles. The Kier molecular flexibility index (Phi) is 3.49. The summed E-state index contributed by atoms with van der Waals surface area (Å²) in [5.74, 6) is 0.814. The minimum absolute atomic E-state index is 0.277. The molecule has 6 heteroatoms. The Morgan fingerprint density at radius 2 is 2.19 bits per heavy atom. The predicted octanol–water partition coefficient (Wildman–Crippen LogP) is 2.49. The lowest BCUT2D eigenvalue weighted by Crippen LogP contribution is -2.45. The molecule has 0 unspecified atom stereocenters. The van der Waals surface area contributed by atoms with Gasteiger partial charge in [0.25, 0.3) is 0 Å². The third kappa shape index (κ3) is 2.50. The van der Waals surface area contributed by atoms with Gasteiger partial charge in [-0.15, -0.1) is 0 Å². The van der Waals surface area contributed by atoms with Gasteiger partial charge < -0.3 is 15.0 Å². The number of aromatic amines is 1. The zero-order chi connectivity index (χ0) is 14.2. The van der Waals surface area contributed by atoms with E-state index >= 15 is 0 Å². The molecule has 2 aliphatic rings. The van der Waals surface area contributed by atoms with Gasteiger partial charge in [-0.1, -0.05) is 11.6 Å². The van der Waals surface area contributed by atoms with Gasteiger partial charge in [0, 0.05) is 11.6 Å². The molecule has 2 aliphatic heterocycles. The lowest BCUT2D eigenvalue weighted by atomic mass is 10.1. The van der Waals surface area contributed by atoms with E-state index < -0.39 is 0 Å². The van der Waals surface area contributed by atoms with E-state index in [9.17, 15) is 0 Å². The lowest BCUT2D eigenvalue weighted by Gasteiger charge is -2.28. The van der Waals surface area contributed by atoms with E-state index in [0.717, 1.165) is 35.1 Å². The molecule has 4 heterocycles. The summed E-state index contributed by atoms with van der Waals surface area (Å²) in [5, 5.41) is 5.19. The number of hydrogen-bond acceptors (Lipinski definition) is 4. The second-order valence-electron chi connectivity index (χ2n) is 5.83. The van der Waals surface area contributed by atoms with Crippen molar-refractivity contribution in [1.29, 1.82) is 0 Å². The van der Waals surface area contributed by atoms with Crippen LogP contribution >= 0.6 is 11.6 Å². The molecule has 0 radical (unpaired) electrons. The number of nitrogens with zero attached hydrogens (tertiary/aromatic N) is 2. The summed E-state index contributed by atoms with van der Waals surface area (Å²) in [6.07, 6.45) is 4.45. The lowest BCUT2D eigenvalue weighted by molar-refractivity contribution is 0.159. The maximum atomic E-state index is 6.31. The van der Waals surface area contributed by atoms with E-state index in [1.807, 2.05) is 18.3 Å². The average molecular weight is 307 g/mol. The van der Waals surface area contributed by atoms with E-state index in [-0.39, 0.29) is 6.04 Å². The molecule has 112 valence electrons. The zero-order valence-electron chi connectivity index (χ0n) is 11.8. The Labute approximate surface area is 128 Å². The van der Waals surface area contributed by atoms with E-state index in [1.54, 1.807) is 0 Å². The number of H-pyrrole nitrogens is 1. The highest BCUT2D eigenvalue weighted by Gasteiger charge is 2.34. The summed E-state index contributed by atoms with van der Waals surface area (Å²) < 4.78 is 5.68. The molecule has 2 fully saturated rings. The Balaban J connectivity index is 1.55. The number of likely N-dealkylation sites (tertiary alicyclic amines) is 1. The van der Waals surface area contributed by atoms with Crippen LogP contribution in [0.5, 0.6) is 0 Å². The van der Waals surface area contributed by atoms with Gasteiger partial charge in [-0.05, 0) is 38.1 Å². The summed E-state index contributed by atoms with van der Waals surface area (Å²) in [6.45, 7) is 3.88. The highest BCUT2D eigenvalue weighted by Crippen LogP contribution is 2.26. The van der Waals surface area contributed by atoms with Crippen molar-refractivity contribution in [3.8, 4) is 0 Å². The van der Waals surface area contributed by atoms with Crippen molar-refractivity contribution in [2.45, 2.75) is 24.9 Å². The molecular weight excluding hydrogens is 288 g/mol. The van der Waals surface area contributed by atoms with Gasteiger partial charge in [0.05, 0.1) is 30.3 Å². The number of pyridine rings is 1. The standard InChI is InChI=1S/C15H19ClN4O/c16-11-7-14(19-15-10(11)3-4-17-15)18-12-8-21-9-13(12)20-5-1-2-6-20/h3-4,7,12-13H,1-2,5-6,8-9H2,(H2,17,18,19)/t12-,13-/m1/s1. The number of anilines is 1. The third-order valence-corrected chi connectivity index (χ3v) is 4.78. The number of rotatable bonds is 3. The largest absolute Gasteiger partial charge is 0.378 e. The van der Waals surface area contributed by atoms with Crippen molar-refractivity contribution < 1.29 is 4.74 Å². The molecular formula is C15H19ClN4O. The van der Waals surface area contributed by atoms with Gasteiger partial charge in [0.2, 0.25) is 0 Å². The molecule has 0 saturated carbocycles. The molecule has 0 aromatic carbocycles. The van der Waals surface area contributed by atoms with Gasteiger partial charge in [-0.25, -0.2) is 4.98 Å². The molecule has 2 atom stereocenters. The Bertz CT molecular complexity index is 638. The van der Waals surface area contributed by atoms with Gasteiger partial charge in [0.15, 0.2) is 0 Å². The predicted molar refractivity (Wildman–Crippen MR) is 83.9 cm³/mol. The highest BCUT2D eigenvalue weighted by atomic mass is 35.5. The van der Waals surface area contributed by atoms with Crippen molar-refractivity contribution in [3.05, 3.63) is 23.4 Å². The summed E-state index contributed by atoms with van der Waals surface area (Å²) >= 11 is 6.31. The number of hydrogen-bond donors (Lipinski definition) is 2. The quantitative estimate of drug-likeness (QED) is 0.915. The van der Waals surface area contributed by atoms with Crippen LogP contribution in [0.2, 0.25) is 5.02 Å². The molecule has 21 heavy (non-hydrogen) atoms. The smallest absolute Gasteiger partial charge is 0.141 e. The van der Waals surface area contributed by atoms with Gasteiger partial charge >= 0.3 is 0 Å². The minimum Gasteiger partial charge on any atom is -0.378 e. The molecule has 0 aliphatic carbocycles. The van der Waals surface area contributed by atoms with Crippen LogP contribution in [-0.4, -0.2) is 53.3 Å². The first-order chi connectivity index (χ1) is 10.3. The van der Waals surface area contributed by atoms with Crippen molar-refractivity contribution in [2.75, 3.05) is 31.6 Å². The normalized spacial score (nSPS) is 26.7. The van der Waals surface area contributed by atoms with Crippen LogP contribution in [0.4, 0.5) is 5.82 Å². The van der Waals surface area contributed by atoms with E-state index in [0.29, 0.717) is 6.04 Å². The Morgan fingerprint density at radius 3 is 3.05 bits per heavy atom. The van der Waals surface area contributed by atoms with Crippen molar-refractivity contribution in [1.82, 2.24) is 14.9 Å². The van der Waals surface area contributed by atoms with Crippen LogP contribution < -0.4 is 5.32 Å². The van der Waals surface area contributed by atoms with Crippen LogP contribution in [0.15, 0.2) is 18.3 Å². The fourth-order valence-electron chi connectivity index (χ4n) is 3.37. The molecule has 0 bridgehead atoms. The van der Waals surface area contributed by atoms with Crippen LogP contribution in [-0.2, 0) is 4.74 Å². The molecule has 0 amide bonds. The van der Waals surface area contributed by atoms with Crippen LogP contribution in [0.1, 0.15) is 12.8 Å². The van der Waals surface area contributed by atoms with E-state index in [2.05, 4.69) is 20.2 Å². The number of halogens is 1. The number of nitrogens with one attached hydrogen (secondary N) is 2. The van der Waals surface area contributed by atoms with E-state index in [4.69, 9.17) is 16.3 Å². The first-order valence-electron chi connectivity index (χ1n) is 7.53. The molecule has 2 aromatic rings. The van der Waals surface area contributed by atoms with Crippen molar-refractivity contribution in [2.24, 2.45) is 0 Å². The maximum Gasteiger partial charge on any atom is 0.141 e. The van der Waals surface area contributed by atoms with Crippen LogP contribution in [0, 0.1) is 0 Å². The summed E-state index contributed by atoms with van der Waals surface area (Å²) in [4.78, 5) is 10.2. The second kappa shape index (κ2) is 5.48. The average Bonchev–Trinajstić information content (AvgIpc) is 3.19. The molecule has 5 nitrogen and oxygen atoms in total. The zero-order valence-corrected chi connectivity index (χ0v) is 12.6. The first kappa shape index (κ1) is 13.4. The first-order valence-corrected chi connectivity index (χ1v) is 7.91. The third-order valence-electron chi connectivity index (χ3n) is 4.47. The maximum absolute atomic E-state index is 6.31. The fraction of sp³-hybridized carbons (Fsp3) is 0.533. The number of ether oxygens (including phenoxy) is 1. The van der Waals surface area contributed by atoms with Crippen LogP contribution in [0.25, 0.3) is 11.0 Å². The topological polar surface area (TPSA) is 53.2 Å². The van der Waals surface area contributed by atoms with Gasteiger partial charge in [-0.3, -0.25) is 4.90 Å². The Morgan fingerprint density at radius 1 is 1.33 bits per heavy atom. The highest BCUT2D eigenvalue weighted by molar-refractivity contribution is 6.35. The summed E-state index contributed by atoms with van der Waals surface area (Å²) in [5.41, 5.74) is 0.821. The molecule has 2 aromatic heterocycles. The van der Waals surface area contributed by atoms with Gasteiger partial charge in [-0.2, -0.15) is 0 Å². The minimum atomic E-state index is 0.277. The Hall–Kier alpha value is -1.30. The van der Waals surface area contributed by atoms with E-state index in [1.165, 1.54) is 25.9 Å². The summed E-state index contributed by atoms with van der Waals surface area (Å²) in [7, 11) is 0. The van der Waals surface area contributed by atoms with Crippen LogP contribution in [0.3, 0.4) is 0 Å². The van der Waals surface area contributed by atoms with Gasteiger partial charge in [0.1, 0.15) is 11.5 Å².